The molecule has 0 aliphatic heterocycles. The maximum absolute atomic E-state index is 12.8. The van der Waals surface area contributed by atoms with Gasteiger partial charge in [-0.15, -0.1) is 0 Å². The van der Waals surface area contributed by atoms with Crippen molar-refractivity contribution in [3.05, 3.63) is 60.9 Å². The molecule has 128 valence electrons. The Labute approximate surface area is 145 Å². The second-order valence-electron chi connectivity index (χ2n) is 6.32. The summed E-state index contributed by atoms with van der Waals surface area (Å²) in [4.78, 5) is 16.8. The van der Waals surface area contributed by atoms with Crippen molar-refractivity contribution in [1.29, 1.82) is 0 Å². The molecular formula is C18H20N6O. The van der Waals surface area contributed by atoms with E-state index in [0.717, 1.165) is 31.4 Å². The van der Waals surface area contributed by atoms with Crippen LogP contribution in [0.1, 0.15) is 42.1 Å². The minimum atomic E-state index is -0.0460. The highest BCUT2D eigenvalue weighted by Gasteiger charge is 2.25. The van der Waals surface area contributed by atoms with E-state index in [-0.39, 0.29) is 11.9 Å². The first-order chi connectivity index (χ1) is 12.3. The van der Waals surface area contributed by atoms with E-state index in [4.69, 9.17) is 0 Å². The van der Waals surface area contributed by atoms with E-state index < -0.39 is 0 Å². The third-order valence-electron chi connectivity index (χ3n) is 4.74. The zero-order valence-corrected chi connectivity index (χ0v) is 13.8. The molecule has 0 atom stereocenters. The molecule has 1 aliphatic rings. The molecule has 4 rings (SSSR count). The van der Waals surface area contributed by atoms with Crippen LogP contribution >= 0.6 is 0 Å². The molecule has 7 heteroatoms. The number of rotatable bonds is 4. The first-order valence-electron chi connectivity index (χ1n) is 8.55. The number of carbonyl (C=O) groups is 1. The average Bonchev–Trinajstić information content (AvgIpc) is 3.36. The standard InChI is InChI=1S/C18H20N6O/c25-18(16-4-1-2-5-17(16)23-11-3-10-20-23)22-14-6-8-15(9-7-14)24-13-19-12-21-24/h1-5,10-15H,6-9H2,(H,22,25). The van der Waals surface area contributed by atoms with Crippen molar-refractivity contribution in [2.75, 3.05) is 0 Å². The zero-order valence-electron chi connectivity index (χ0n) is 13.8. The number of hydrogen-bond donors (Lipinski definition) is 1. The molecule has 1 fully saturated rings. The SMILES string of the molecule is O=C(NC1CCC(n2cncn2)CC1)c1ccccc1-n1cccn1. The van der Waals surface area contributed by atoms with Gasteiger partial charge in [0, 0.05) is 18.4 Å². The van der Waals surface area contributed by atoms with Crippen LogP contribution in [0.25, 0.3) is 5.69 Å². The molecule has 0 unspecified atom stereocenters. The molecule has 1 N–H and O–H groups in total. The third-order valence-corrected chi connectivity index (χ3v) is 4.74. The number of carbonyl (C=O) groups excluding carboxylic acids is 1. The van der Waals surface area contributed by atoms with Crippen molar-refractivity contribution in [3.63, 3.8) is 0 Å². The van der Waals surface area contributed by atoms with Gasteiger partial charge in [-0.2, -0.15) is 10.2 Å². The van der Waals surface area contributed by atoms with Gasteiger partial charge in [0.05, 0.1) is 17.3 Å². The Bertz CT molecular complexity index is 819. The van der Waals surface area contributed by atoms with Gasteiger partial charge in [-0.05, 0) is 43.9 Å². The highest BCUT2D eigenvalue weighted by atomic mass is 16.1. The van der Waals surface area contributed by atoms with Gasteiger partial charge in [0.25, 0.3) is 5.91 Å². The molecule has 2 heterocycles. The quantitative estimate of drug-likeness (QED) is 0.793. The summed E-state index contributed by atoms with van der Waals surface area (Å²) < 4.78 is 3.64. The highest BCUT2D eigenvalue weighted by molar-refractivity contribution is 5.97. The summed E-state index contributed by atoms with van der Waals surface area (Å²) >= 11 is 0. The summed E-state index contributed by atoms with van der Waals surface area (Å²) in [5.74, 6) is -0.0460. The Morgan fingerprint density at radius 1 is 1.08 bits per heavy atom. The summed E-state index contributed by atoms with van der Waals surface area (Å²) in [6, 6.07) is 9.96. The van der Waals surface area contributed by atoms with Crippen LogP contribution in [0, 0.1) is 0 Å². The van der Waals surface area contributed by atoms with Crippen molar-refractivity contribution in [3.8, 4) is 5.69 Å². The molecule has 1 aromatic carbocycles. The first-order valence-corrected chi connectivity index (χ1v) is 8.55. The molecule has 25 heavy (non-hydrogen) atoms. The second-order valence-corrected chi connectivity index (χ2v) is 6.32. The Balaban J connectivity index is 1.42. The number of hydrogen-bond acceptors (Lipinski definition) is 4. The minimum absolute atomic E-state index is 0.0460. The van der Waals surface area contributed by atoms with Crippen LogP contribution in [0.15, 0.2) is 55.4 Å². The van der Waals surface area contributed by atoms with Gasteiger partial charge in [-0.3, -0.25) is 4.79 Å². The molecule has 7 nitrogen and oxygen atoms in total. The fraction of sp³-hybridized carbons (Fsp3) is 0.333. The topological polar surface area (TPSA) is 77.6 Å². The summed E-state index contributed by atoms with van der Waals surface area (Å²) in [5.41, 5.74) is 1.44. The van der Waals surface area contributed by atoms with E-state index >= 15 is 0 Å². The Morgan fingerprint density at radius 3 is 2.64 bits per heavy atom. The normalized spacial score (nSPS) is 20.3. The van der Waals surface area contributed by atoms with E-state index in [0.29, 0.717) is 11.6 Å². The average molecular weight is 336 g/mol. The number of para-hydroxylation sites is 1. The van der Waals surface area contributed by atoms with Gasteiger partial charge in [0.2, 0.25) is 0 Å². The summed E-state index contributed by atoms with van der Waals surface area (Å²) in [6.45, 7) is 0. The fourth-order valence-corrected chi connectivity index (χ4v) is 3.43. The minimum Gasteiger partial charge on any atom is -0.349 e. The largest absolute Gasteiger partial charge is 0.349 e. The van der Waals surface area contributed by atoms with E-state index in [2.05, 4.69) is 20.5 Å². The molecule has 2 aromatic heterocycles. The van der Waals surface area contributed by atoms with E-state index in [1.165, 1.54) is 0 Å². The van der Waals surface area contributed by atoms with Crippen LogP contribution in [-0.4, -0.2) is 36.5 Å². The number of amides is 1. The van der Waals surface area contributed by atoms with Crippen LogP contribution in [0.2, 0.25) is 0 Å². The Hall–Kier alpha value is -2.96. The fourth-order valence-electron chi connectivity index (χ4n) is 3.43. The predicted molar refractivity (Wildman–Crippen MR) is 92.3 cm³/mol. The first kappa shape index (κ1) is 15.6. The van der Waals surface area contributed by atoms with E-state index in [1.807, 2.05) is 41.2 Å². The molecule has 1 amide bonds. The highest BCUT2D eigenvalue weighted by Crippen LogP contribution is 2.28. The van der Waals surface area contributed by atoms with Crippen LogP contribution in [0.3, 0.4) is 0 Å². The lowest BCUT2D eigenvalue weighted by molar-refractivity contribution is 0.0921. The zero-order chi connectivity index (χ0) is 17.1. The molecule has 3 aromatic rings. The lowest BCUT2D eigenvalue weighted by atomic mass is 9.91. The Morgan fingerprint density at radius 2 is 1.92 bits per heavy atom. The molecule has 0 saturated heterocycles. The van der Waals surface area contributed by atoms with Crippen LogP contribution in [0.5, 0.6) is 0 Å². The van der Waals surface area contributed by atoms with Crippen molar-refractivity contribution in [1.82, 2.24) is 29.9 Å². The van der Waals surface area contributed by atoms with Crippen LogP contribution < -0.4 is 5.32 Å². The van der Waals surface area contributed by atoms with Gasteiger partial charge in [0.15, 0.2) is 0 Å². The molecule has 1 saturated carbocycles. The van der Waals surface area contributed by atoms with Crippen LogP contribution in [0.4, 0.5) is 0 Å². The van der Waals surface area contributed by atoms with Gasteiger partial charge >= 0.3 is 0 Å². The maximum atomic E-state index is 12.8. The summed E-state index contributed by atoms with van der Waals surface area (Å²) in [7, 11) is 0. The molecular weight excluding hydrogens is 316 g/mol. The van der Waals surface area contributed by atoms with Crippen molar-refractivity contribution < 1.29 is 4.79 Å². The van der Waals surface area contributed by atoms with Gasteiger partial charge in [-0.25, -0.2) is 14.3 Å². The molecule has 1 aliphatic carbocycles. The predicted octanol–water partition coefficient (Wildman–Crippen LogP) is 2.38. The monoisotopic (exact) mass is 336 g/mol. The molecule has 0 spiro atoms. The number of nitrogens with zero attached hydrogens (tertiary/aromatic N) is 5. The maximum Gasteiger partial charge on any atom is 0.253 e. The number of aromatic nitrogens is 5. The van der Waals surface area contributed by atoms with Gasteiger partial charge in [0.1, 0.15) is 12.7 Å². The summed E-state index contributed by atoms with van der Waals surface area (Å²) in [6.07, 6.45) is 10.8. The smallest absolute Gasteiger partial charge is 0.253 e. The van der Waals surface area contributed by atoms with E-state index in [1.54, 1.807) is 23.5 Å². The second kappa shape index (κ2) is 6.88. The van der Waals surface area contributed by atoms with Gasteiger partial charge < -0.3 is 5.32 Å². The lowest BCUT2D eigenvalue weighted by Gasteiger charge is -2.29. The van der Waals surface area contributed by atoms with Crippen LogP contribution in [-0.2, 0) is 0 Å². The molecule has 0 radical (unpaired) electrons. The lowest BCUT2D eigenvalue weighted by Crippen LogP contribution is -2.38. The van der Waals surface area contributed by atoms with Crippen molar-refractivity contribution >= 4 is 5.91 Å². The number of benzene rings is 1. The van der Waals surface area contributed by atoms with Crippen molar-refractivity contribution in [2.24, 2.45) is 0 Å². The van der Waals surface area contributed by atoms with Gasteiger partial charge in [-0.1, -0.05) is 12.1 Å². The number of nitrogens with one attached hydrogen (secondary N) is 1. The van der Waals surface area contributed by atoms with Crippen molar-refractivity contribution in [2.45, 2.75) is 37.8 Å². The molecule has 0 bridgehead atoms. The van der Waals surface area contributed by atoms with E-state index in [9.17, 15) is 4.79 Å². The third kappa shape index (κ3) is 3.31. The summed E-state index contributed by atoms with van der Waals surface area (Å²) in [5, 5.41) is 11.6. The Kier molecular flexibility index (Phi) is 4.28.